The molecule has 1 atom stereocenters. The predicted octanol–water partition coefficient (Wildman–Crippen LogP) is 19.5. The number of allylic oxidation sites excluding steroid dienone is 3. The number of anilines is 5. The number of rotatable bonds is 10. The predicted molar refractivity (Wildman–Crippen MR) is 310 cm³/mol. The smallest absolute Gasteiger partial charge is 0.0546 e. The van der Waals surface area contributed by atoms with Gasteiger partial charge in [0.05, 0.1) is 5.69 Å². The van der Waals surface area contributed by atoms with Gasteiger partial charge in [-0.1, -0.05) is 226 Å². The van der Waals surface area contributed by atoms with Crippen LogP contribution in [0.5, 0.6) is 0 Å². The van der Waals surface area contributed by atoms with Crippen LogP contribution in [-0.4, -0.2) is 0 Å². The molecule has 0 bridgehead atoms. The van der Waals surface area contributed by atoms with E-state index in [-0.39, 0.29) is 5.41 Å². The van der Waals surface area contributed by atoms with Crippen LogP contribution in [-0.2, 0) is 5.41 Å². The molecule has 0 amide bonds. The van der Waals surface area contributed by atoms with Crippen molar-refractivity contribution in [3.63, 3.8) is 0 Å². The lowest BCUT2D eigenvalue weighted by Gasteiger charge is -2.31. The number of benzene rings is 11. The molecule has 2 aliphatic rings. The summed E-state index contributed by atoms with van der Waals surface area (Å²) in [7, 11) is 0. The maximum Gasteiger partial charge on any atom is 0.0546 e. The highest BCUT2D eigenvalue weighted by molar-refractivity contribution is 6.18. The molecule has 348 valence electrons. The molecule has 0 aromatic heterocycles. The third-order valence-electron chi connectivity index (χ3n) is 15.4. The normalized spacial score (nSPS) is 14.4. The van der Waals surface area contributed by atoms with Gasteiger partial charge >= 0.3 is 0 Å². The molecule has 11 aromatic carbocycles. The van der Waals surface area contributed by atoms with Gasteiger partial charge in [0.15, 0.2) is 0 Å². The second-order valence-corrected chi connectivity index (χ2v) is 20.0. The largest absolute Gasteiger partial charge is 0.310 e. The average molecular weight is 935 g/mol. The lowest BCUT2D eigenvalue weighted by molar-refractivity contribution is 0.660. The molecule has 0 spiro atoms. The molecule has 73 heavy (non-hydrogen) atoms. The van der Waals surface area contributed by atoms with E-state index in [1.54, 1.807) is 0 Å². The minimum Gasteiger partial charge on any atom is -0.310 e. The minimum absolute atomic E-state index is 0.123. The fourth-order valence-electron chi connectivity index (χ4n) is 11.6. The quantitative estimate of drug-likeness (QED) is 0.126. The summed E-state index contributed by atoms with van der Waals surface area (Å²) < 4.78 is 0. The first-order valence-electron chi connectivity index (χ1n) is 25.6. The third kappa shape index (κ3) is 7.93. The Bertz CT molecular complexity index is 3870. The van der Waals surface area contributed by atoms with Gasteiger partial charge in [-0.3, -0.25) is 0 Å². The molecule has 0 aliphatic heterocycles. The van der Waals surface area contributed by atoms with Crippen LogP contribution in [0, 0.1) is 0 Å². The zero-order chi connectivity index (χ0) is 48.9. The Kier molecular flexibility index (Phi) is 11.0. The highest BCUT2D eigenvalue weighted by atomic mass is 15.2. The van der Waals surface area contributed by atoms with Crippen LogP contribution >= 0.6 is 0 Å². The number of fused-ring (bicyclic) bond motifs is 6. The van der Waals surface area contributed by atoms with Crippen molar-refractivity contribution >= 4 is 50.0 Å². The summed E-state index contributed by atoms with van der Waals surface area (Å²) in [5, 5.41) is 4.89. The topological polar surface area (TPSA) is 6.48 Å². The van der Waals surface area contributed by atoms with E-state index in [1.807, 2.05) is 0 Å². The molecule has 2 heteroatoms. The van der Waals surface area contributed by atoms with Gasteiger partial charge in [-0.05, 0) is 144 Å². The van der Waals surface area contributed by atoms with E-state index >= 15 is 0 Å². The third-order valence-corrected chi connectivity index (χ3v) is 15.4. The van der Waals surface area contributed by atoms with Gasteiger partial charge in [-0.25, -0.2) is 0 Å². The molecule has 0 saturated carbocycles. The standard InChI is InChI=1S/C71H54N2/c1-71(2)67-25-15-14-24-64(67)65-45-43-61(48-68(65)71)72(57-35-26-52(27-36-57)49-16-6-3-7-17-49)58-41-32-56(33-42-58)62-46-47-69(70-63-23-13-12-22-55(63)34-44-66(62)70)73(59-37-28-53(29-38-59)50-18-8-4-9-19-50)60-39-30-54(31-40-60)51-20-10-5-11-21-51/h3-30,32-48,54H,31H2,1-2H3. The van der Waals surface area contributed by atoms with Crippen LogP contribution in [0.15, 0.2) is 279 Å². The lowest BCUT2D eigenvalue weighted by atomic mass is 9.82. The maximum atomic E-state index is 2.48. The Balaban J connectivity index is 0.929. The second-order valence-electron chi connectivity index (χ2n) is 20.0. The SMILES string of the molecule is CC1(C)c2ccccc2-c2ccc(N(c3ccc(-c4ccccc4)cc3)c3ccc(-c4ccc(N(C5=CCC(c6ccccc6)C=C5)c5ccc(-c6ccccc6)cc5)c5c4ccc4ccccc45)cc3)cc21. The van der Waals surface area contributed by atoms with Gasteiger partial charge in [-0.15, -0.1) is 0 Å². The molecular formula is C71H54N2. The fourth-order valence-corrected chi connectivity index (χ4v) is 11.6. The molecule has 2 aliphatic carbocycles. The van der Waals surface area contributed by atoms with E-state index in [1.165, 1.54) is 88.4 Å². The van der Waals surface area contributed by atoms with Crippen molar-refractivity contribution in [3.05, 3.63) is 295 Å². The molecule has 0 heterocycles. The Morgan fingerprint density at radius 1 is 0.384 bits per heavy atom. The molecule has 0 saturated heterocycles. The summed E-state index contributed by atoms with van der Waals surface area (Å²) in [6.45, 7) is 4.72. The van der Waals surface area contributed by atoms with Crippen molar-refractivity contribution < 1.29 is 0 Å². The van der Waals surface area contributed by atoms with E-state index in [0.29, 0.717) is 5.92 Å². The van der Waals surface area contributed by atoms with Crippen LogP contribution in [0.3, 0.4) is 0 Å². The van der Waals surface area contributed by atoms with E-state index in [0.717, 1.165) is 34.9 Å². The van der Waals surface area contributed by atoms with Crippen molar-refractivity contribution in [3.8, 4) is 44.5 Å². The Labute approximate surface area is 429 Å². The molecule has 1 unspecified atom stereocenters. The minimum atomic E-state index is -0.123. The highest BCUT2D eigenvalue weighted by Crippen LogP contribution is 2.51. The summed E-state index contributed by atoms with van der Waals surface area (Å²) in [5.74, 6) is 0.325. The summed E-state index contributed by atoms with van der Waals surface area (Å²) in [4.78, 5) is 4.90. The Hall–Kier alpha value is -8.98. The highest BCUT2D eigenvalue weighted by Gasteiger charge is 2.36. The van der Waals surface area contributed by atoms with Gasteiger partial charge in [0.1, 0.15) is 0 Å². The van der Waals surface area contributed by atoms with Gasteiger partial charge < -0.3 is 9.80 Å². The number of hydrogen-bond donors (Lipinski definition) is 0. The van der Waals surface area contributed by atoms with Gasteiger partial charge in [0.25, 0.3) is 0 Å². The van der Waals surface area contributed by atoms with E-state index in [4.69, 9.17) is 0 Å². The first-order valence-corrected chi connectivity index (χ1v) is 25.6. The molecule has 2 nitrogen and oxygen atoms in total. The van der Waals surface area contributed by atoms with E-state index < -0.39 is 0 Å². The monoisotopic (exact) mass is 934 g/mol. The fraction of sp³-hybridized carbons (Fsp3) is 0.0704. The lowest BCUT2D eigenvalue weighted by Crippen LogP contribution is -2.18. The van der Waals surface area contributed by atoms with E-state index in [9.17, 15) is 0 Å². The molecule has 0 fully saturated rings. The maximum absolute atomic E-state index is 2.48. The van der Waals surface area contributed by atoms with Crippen molar-refractivity contribution in [1.29, 1.82) is 0 Å². The van der Waals surface area contributed by atoms with Gasteiger partial charge in [0, 0.05) is 45.2 Å². The van der Waals surface area contributed by atoms with Crippen LogP contribution in [0.4, 0.5) is 28.4 Å². The number of hydrogen-bond acceptors (Lipinski definition) is 2. The summed E-state index contributed by atoms with van der Waals surface area (Å²) in [6.07, 6.45) is 8.06. The summed E-state index contributed by atoms with van der Waals surface area (Å²) in [5.41, 5.74) is 20.6. The zero-order valence-corrected chi connectivity index (χ0v) is 41.2. The first kappa shape index (κ1) is 44.0. The van der Waals surface area contributed by atoms with Crippen LogP contribution in [0.2, 0.25) is 0 Å². The molecule has 13 rings (SSSR count). The first-order chi connectivity index (χ1) is 36.0. The van der Waals surface area contributed by atoms with Crippen molar-refractivity contribution in [1.82, 2.24) is 0 Å². The van der Waals surface area contributed by atoms with E-state index in [2.05, 4.69) is 297 Å². The molecule has 11 aromatic rings. The molecular weight excluding hydrogens is 881 g/mol. The van der Waals surface area contributed by atoms with Gasteiger partial charge in [0.2, 0.25) is 0 Å². The summed E-state index contributed by atoms with van der Waals surface area (Å²) >= 11 is 0. The van der Waals surface area contributed by atoms with Crippen molar-refractivity contribution in [2.45, 2.75) is 31.6 Å². The molecule has 0 radical (unpaired) electrons. The Morgan fingerprint density at radius 3 is 1.55 bits per heavy atom. The zero-order valence-electron chi connectivity index (χ0n) is 41.2. The van der Waals surface area contributed by atoms with Crippen LogP contribution < -0.4 is 9.80 Å². The van der Waals surface area contributed by atoms with Crippen molar-refractivity contribution in [2.24, 2.45) is 0 Å². The summed E-state index contributed by atoms with van der Waals surface area (Å²) in [6, 6.07) is 93.6. The van der Waals surface area contributed by atoms with Gasteiger partial charge in [-0.2, -0.15) is 0 Å². The van der Waals surface area contributed by atoms with Crippen LogP contribution in [0.25, 0.3) is 66.1 Å². The molecule has 0 N–H and O–H groups in total. The second kappa shape index (κ2) is 18.3. The average Bonchev–Trinajstić information content (AvgIpc) is 3.70. The van der Waals surface area contributed by atoms with Crippen LogP contribution in [0.1, 0.15) is 42.9 Å². The van der Waals surface area contributed by atoms with Crippen molar-refractivity contribution in [2.75, 3.05) is 9.80 Å². The Morgan fingerprint density at radius 2 is 0.904 bits per heavy atom. The number of nitrogens with zero attached hydrogens (tertiary/aromatic N) is 2.